The van der Waals surface area contributed by atoms with Gasteiger partial charge in [-0.15, -0.1) is 6.58 Å². The van der Waals surface area contributed by atoms with E-state index >= 15 is 0 Å². The van der Waals surface area contributed by atoms with Crippen LogP contribution in [-0.2, 0) is 0 Å². The second-order valence-corrected chi connectivity index (χ2v) is 8.98. The molecule has 0 N–H and O–H groups in total. The monoisotopic (exact) mass is 272 g/mol. The van der Waals surface area contributed by atoms with Crippen molar-refractivity contribution in [1.29, 1.82) is 0 Å². The van der Waals surface area contributed by atoms with E-state index in [1.54, 1.807) is 5.57 Å². The Labute approximate surface area is 125 Å². The van der Waals surface area contributed by atoms with Gasteiger partial charge in [-0.25, -0.2) is 0 Å². The molecule has 3 aliphatic carbocycles. The topological polar surface area (TPSA) is 0 Å². The van der Waals surface area contributed by atoms with E-state index in [2.05, 4.69) is 53.3 Å². The molecule has 0 aromatic carbocycles. The van der Waals surface area contributed by atoms with Crippen LogP contribution in [0.4, 0.5) is 0 Å². The highest BCUT2D eigenvalue weighted by Gasteiger charge is 2.56. The van der Waals surface area contributed by atoms with Gasteiger partial charge in [0, 0.05) is 0 Å². The minimum absolute atomic E-state index is 0.310. The van der Waals surface area contributed by atoms with E-state index in [0.29, 0.717) is 22.2 Å². The van der Waals surface area contributed by atoms with Crippen molar-refractivity contribution in [3.05, 3.63) is 24.3 Å². The molecule has 0 aromatic rings. The maximum atomic E-state index is 4.17. The summed E-state index contributed by atoms with van der Waals surface area (Å²) in [7, 11) is 0. The minimum atomic E-state index is 0.310. The van der Waals surface area contributed by atoms with Gasteiger partial charge in [-0.2, -0.15) is 0 Å². The lowest BCUT2D eigenvalue weighted by atomic mass is 9.43. The zero-order chi connectivity index (χ0) is 14.8. The highest BCUT2D eigenvalue weighted by molar-refractivity contribution is 5.30. The SMILES string of the molecule is C=CC1(C)CCC2(C)C3CCCC(C)(C)C3=CC1C2C. The summed E-state index contributed by atoms with van der Waals surface area (Å²) >= 11 is 0. The zero-order valence-electron chi connectivity index (χ0n) is 14.1. The van der Waals surface area contributed by atoms with Crippen molar-refractivity contribution in [2.45, 2.75) is 66.7 Å². The summed E-state index contributed by atoms with van der Waals surface area (Å²) in [4.78, 5) is 0. The van der Waals surface area contributed by atoms with Crippen molar-refractivity contribution >= 4 is 0 Å². The second kappa shape index (κ2) is 4.24. The molecule has 0 saturated heterocycles. The van der Waals surface area contributed by atoms with Crippen LogP contribution in [0.25, 0.3) is 0 Å². The van der Waals surface area contributed by atoms with Crippen molar-refractivity contribution in [2.24, 2.45) is 34.0 Å². The third-order valence-corrected chi connectivity index (χ3v) is 7.62. The van der Waals surface area contributed by atoms with Crippen molar-refractivity contribution < 1.29 is 0 Å². The summed E-state index contributed by atoms with van der Waals surface area (Å²) in [6.07, 6.45) is 11.9. The molecule has 0 amide bonds. The summed E-state index contributed by atoms with van der Waals surface area (Å²) in [6, 6.07) is 0. The second-order valence-electron chi connectivity index (χ2n) is 8.98. The van der Waals surface area contributed by atoms with E-state index < -0.39 is 0 Å². The van der Waals surface area contributed by atoms with Crippen LogP contribution >= 0.6 is 0 Å². The lowest BCUT2D eigenvalue weighted by Gasteiger charge is -2.61. The minimum Gasteiger partial charge on any atom is -0.103 e. The van der Waals surface area contributed by atoms with Crippen LogP contribution in [0.2, 0.25) is 0 Å². The third kappa shape index (κ3) is 1.72. The molecule has 0 heterocycles. The van der Waals surface area contributed by atoms with E-state index in [1.807, 2.05) is 0 Å². The van der Waals surface area contributed by atoms with E-state index in [9.17, 15) is 0 Å². The van der Waals surface area contributed by atoms with Gasteiger partial charge in [-0.1, -0.05) is 58.8 Å². The predicted molar refractivity (Wildman–Crippen MR) is 87.5 cm³/mol. The van der Waals surface area contributed by atoms with Gasteiger partial charge in [0.25, 0.3) is 0 Å². The highest BCUT2D eigenvalue weighted by atomic mass is 14.6. The van der Waals surface area contributed by atoms with Crippen molar-refractivity contribution in [3.63, 3.8) is 0 Å². The lowest BCUT2D eigenvalue weighted by molar-refractivity contribution is -0.0440. The van der Waals surface area contributed by atoms with Crippen LogP contribution in [0, 0.1) is 34.0 Å². The molecule has 5 atom stereocenters. The first-order chi connectivity index (χ1) is 9.24. The normalized spacial score (nSPS) is 50.0. The summed E-state index contributed by atoms with van der Waals surface area (Å²) in [5.74, 6) is 2.33. The Morgan fingerprint density at radius 2 is 1.85 bits per heavy atom. The largest absolute Gasteiger partial charge is 0.103 e. The van der Waals surface area contributed by atoms with E-state index in [0.717, 1.165) is 11.8 Å². The van der Waals surface area contributed by atoms with Crippen molar-refractivity contribution in [3.8, 4) is 0 Å². The molecule has 2 fully saturated rings. The Balaban J connectivity index is 2.14. The first-order valence-electron chi connectivity index (χ1n) is 8.60. The van der Waals surface area contributed by atoms with Gasteiger partial charge in [-0.05, 0) is 59.7 Å². The van der Waals surface area contributed by atoms with Crippen LogP contribution in [-0.4, -0.2) is 0 Å². The fourth-order valence-corrected chi connectivity index (χ4v) is 5.72. The number of hydrogen-bond donors (Lipinski definition) is 0. The maximum absolute atomic E-state index is 4.17. The van der Waals surface area contributed by atoms with Crippen LogP contribution < -0.4 is 0 Å². The number of allylic oxidation sites excluding steroid dienone is 3. The average molecular weight is 272 g/mol. The van der Waals surface area contributed by atoms with Gasteiger partial charge in [0.15, 0.2) is 0 Å². The van der Waals surface area contributed by atoms with Gasteiger partial charge in [0.05, 0.1) is 0 Å². The molecule has 0 nitrogen and oxygen atoms in total. The van der Waals surface area contributed by atoms with Gasteiger partial charge in [-0.3, -0.25) is 0 Å². The number of rotatable bonds is 1. The molecule has 2 saturated carbocycles. The molecule has 0 spiro atoms. The van der Waals surface area contributed by atoms with Crippen LogP contribution in [0.3, 0.4) is 0 Å². The highest BCUT2D eigenvalue weighted by Crippen LogP contribution is 2.65. The fourth-order valence-electron chi connectivity index (χ4n) is 5.72. The molecular formula is C20H32. The van der Waals surface area contributed by atoms with Crippen molar-refractivity contribution in [2.75, 3.05) is 0 Å². The molecular weight excluding hydrogens is 240 g/mol. The van der Waals surface area contributed by atoms with E-state index in [4.69, 9.17) is 0 Å². The zero-order valence-corrected chi connectivity index (χ0v) is 14.1. The molecule has 20 heavy (non-hydrogen) atoms. The van der Waals surface area contributed by atoms with E-state index in [1.165, 1.54) is 32.1 Å². The average Bonchev–Trinajstić information content (AvgIpc) is 2.39. The van der Waals surface area contributed by atoms with Gasteiger partial charge < -0.3 is 0 Å². The predicted octanol–water partition coefficient (Wildman–Crippen LogP) is 6.00. The summed E-state index contributed by atoms with van der Waals surface area (Å²) in [6.45, 7) is 16.7. The molecule has 3 aliphatic rings. The van der Waals surface area contributed by atoms with E-state index in [-0.39, 0.29) is 0 Å². The smallest absolute Gasteiger partial charge is 0.00834 e. The van der Waals surface area contributed by atoms with Crippen LogP contribution in [0.5, 0.6) is 0 Å². The number of fused-ring (bicyclic) bond motifs is 4. The Kier molecular flexibility index (Phi) is 3.06. The quantitative estimate of drug-likeness (QED) is 0.514. The maximum Gasteiger partial charge on any atom is -0.00834 e. The molecule has 2 bridgehead atoms. The molecule has 0 radical (unpaired) electrons. The van der Waals surface area contributed by atoms with Crippen molar-refractivity contribution in [1.82, 2.24) is 0 Å². The third-order valence-electron chi connectivity index (χ3n) is 7.62. The van der Waals surface area contributed by atoms with Gasteiger partial charge in [0.2, 0.25) is 0 Å². The lowest BCUT2D eigenvalue weighted by Crippen LogP contribution is -2.53. The molecule has 0 heteroatoms. The summed E-state index contributed by atoms with van der Waals surface area (Å²) in [5, 5.41) is 0. The summed E-state index contributed by atoms with van der Waals surface area (Å²) < 4.78 is 0. The van der Waals surface area contributed by atoms with Crippen LogP contribution in [0.15, 0.2) is 24.3 Å². The first kappa shape index (κ1) is 14.4. The Morgan fingerprint density at radius 3 is 2.50 bits per heavy atom. The number of hydrogen-bond acceptors (Lipinski definition) is 0. The molecule has 0 aromatic heterocycles. The van der Waals surface area contributed by atoms with Crippen LogP contribution in [0.1, 0.15) is 66.7 Å². The molecule has 112 valence electrons. The molecule has 0 aliphatic heterocycles. The molecule has 3 rings (SSSR count). The summed E-state index contributed by atoms with van der Waals surface area (Å²) in [5.41, 5.74) is 3.04. The Bertz CT molecular complexity index is 455. The first-order valence-corrected chi connectivity index (χ1v) is 8.60. The standard InChI is InChI=1S/C20H32/c1-7-19(5)11-12-20(6)14(2)16(19)13-17-15(20)9-8-10-18(17,3)4/h7,13-16H,1,8-12H2,2-6H3. The fraction of sp³-hybridized carbons (Fsp3) is 0.800. The van der Waals surface area contributed by atoms with Gasteiger partial charge in [0.1, 0.15) is 0 Å². The van der Waals surface area contributed by atoms with Gasteiger partial charge >= 0.3 is 0 Å². The Morgan fingerprint density at radius 1 is 1.15 bits per heavy atom. The Hall–Kier alpha value is -0.520. The molecule has 5 unspecified atom stereocenters.